The maximum atomic E-state index is 12.4. The van der Waals surface area contributed by atoms with E-state index in [0.717, 1.165) is 47.3 Å². The summed E-state index contributed by atoms with van der Waals surface area (Å²) in [5.74, 6) is 0.372. The van der Waals surface area contributed by atoms with Crippen molar-refractivity contribution in [2.75, 3.05) is 18.4 Å². The molecule has 0 radical (unpaired) electrons. The van der Waals surface area contributed by atoms with Gasteiger partial charge in [0.05, 0.1) is 0 Å². The van der Waals surface area contributed by atoms with Crippen LogP contribution in [0, 0.1) is 11.3 Å². The third kappa shape index (κ3) is 3.74. The second kappa shape index (κ2) is 7.39. The molecule has 1 unspecified atom stereocenters. The lowest BCUT2D eigenvalue weighted by Crippen LogP contribution is -2.31. The van der Waals surface area contributed by atoms with Gasteiger partial charge in [-0.15, -0.1) is 22.6 Å². The van der Waals surface area contributed by atoms with Crippen molar-refractivity contribution in [3.8, 4) is 0 Å². The minimum absolute atomic E-state index is 0. The van der Waals surface area contributed by atoms with E-state index in [2.05, 4.69) is 20.8 Å². The van der Waals surface area contributed by atoms with Gasteiger partial charge >= 0.3 is 0 Å². The van der Waals surface area contributed by atoms with Crippen LogP contribution >= 0.6 is 35.5 Å². The third-order valence-electron chi connectivity index (χ3n) is 4.77. The van der Waals surface area contributed by atoms with Crippen molar-refractivity contribution in [1.29, 1.82) is 0 Å². The summed E-state index contributed by atoms with van der Waals surface area (Å²) in [6.45, 7) is 2.09. The summed E-state index contributed by atoms with van der Waals surface area (Å²) in [5.41, 5.74) is 2.87. The SMILES string of the molecule is Cl.O=C(Nc1ccc(Sc2nncs2)cc1)C1CC12CCNCC2. The summed E-state index contributed by atoms with van der Waals surface area (Å²) in [7, 11) is 0. The van der Waals surface area contributed by atoms with Crippen LogP contribution in [0.3, 0.4) is 0 Å². The molecular weight excluding hydrogens is 364 g/mol. The third-order valence-corrected chi connectivity index (χ3v) is 6.56. The molecule has 128 valence electrons. The van der Waals surface area contributed by atoms with Gasteiger partial charge in [0.2, 0.25) is 5.91 Å². The van der Waals surface area contributed by atoms with E-state index < -0.39 is 0 Å². The Morgan fingerprint density at radius 3 is 2.71 bits per heavy atom. The molecule has 2 N–H and O–H groups in total. The molecule has 2 aromatic rings. The van der Waals surface area contributed by atoms with Gasteiger partial charge in [0, 0.05) is 16.5 Å². The van der Waals surface area contributed by atoms with Crippen LogP contribution in [0.5, 0.6) is 0 Å². The van der Waals surface area contributed by atoms with Gasteiger partial charge in [0.1, 0.15) is 5.51 Å². The summed E-state index contributed by atoms with van der Waals surface area (Å²) in [5, 5.41) is 14.3. The maximum absolute atomic E-state index is 12.4. The number of benzene rings is 1. The predicted octanol–water partition coefficient (Wildman–Crippen LogP) is 3.44. The van der Waals surface area contributed by atoms with Gasteiger partial charge in [0.25, 0.3) is 0 Å². The van der Waals surface area contributed by atoms with Gasteiger partial charge in [0.15, 0.2) is 4.34 Å². The van der Waals surface area contributed by atoms with Crippen molar-refractivity contribution < 1.29 is 4.79 Å². The monoisotopic (exact) mass is 382 g/mol. The van der Waals surface area contributed by atoms with E-state index in [1.807, 2.05) is 24.3 Å². The van der Waals surface area contributed by atoms with Crippen LogP contribution in [-0.4, -0.2) is 29.2 Å². The number of hydrogen-bond acceptors (Lipinski definition) is 6. The molecule has 8 heteroatoms. The van der Waals surface area contributed by atoms with Crippen molar-refractivity contribution in [3.05, 3.63) is 29.8 Å². The average Bonchev–Trinajstić information content (AvgIpc) is 3.02. The Balaban J connectivity index is 0.00000169. The van der Waals surface area contributed by atoms with Crippen LogP contribution in [0.4, 0.5) is 5.69 Å². The molecule has 1 aromatic carbocycles. The molecule has 5 nitrogen and oxygen atoms in total. The van der Waals surface area contributed by atoms with Crippen molar-refractivity contribution in [2.24, 2.45) is 11.3 Å². The number of anilines is 1. The van der Waals surface area contributed by atoms with E-state index in [0.29, 0.717) is 0 Å². The summed E-state index contributed by atoms with van der Waals surface area (Å²) in [6.07, 6.45) is 3.30. The average molecular weight is 383 g/mol. The number of aromatic nitrogens is 2. The molecule has 2 heterocycles. The molecule has 4 rings (SSSR count). The first-order valence-corrected chi connectivity index (χ1v) is 9.50. The molecule has 24 heavy (non-hydrogen) atoms. The Morgan fingerprint density at radius 2 is 2.04 bits per heavy atom. The lowest BCUT2D eigenvalue weighted by molar-refractivity contribution is -0.118. The topological polar surface area (TPSA) is 66.9 Å². The maximum Gasteiger partial charge on any atom is 0.228 e. The fourth-order valence-corrected chi connectivity index (χ4v) is 4.79. The highest BCUT2D eigenvalue weighted by Gasteiger charge is 2.57. The van der Waals surface area contributed by atoms with E-state index in [-0.39, 0.29) is 29.6 Å². The number of nitrogens with one attached hydrogen (secondary N) is 2. The molecule has 1 spiro atoms. The molecule has 2 fully saturated rings. The number of nitrogens with zero attached hydrogens (tertiary/aromatic N) is 2. The first kappa shape index (κ1) is 17.7. The molecule has 1 aromatic heterocycles. The van der Waals surface area contributed by atoms with Crippen LogP contribution in [0.2, 0.25) is 0 Å². The highest BCUT2D eigenvalue weighted by molar-refractivity contribution is 8.01. The fraction of sp³-hybridized carbons (Fsp3) is 0.438. The van der Waals surface area contributed by atoms with Gasteiger partial charge in [-0.25, -0.2) is 0 Å². The number of piperidine rings is 1. The Labute approximate surface area is 155 Å². The lowest BCUT2D eigenvalue weighted by Gasteiger charge is -2.23. The van der Waals surface area contributed by atoms with Gasteiger partial charge in [-0.1, -0.05) is 23.1 Å². The van der Waals surface area contributed by atoms with Crippen LogP contribution in [0.15, 0.2) is 39.0 Å². The molecular formula is C16H19ClN4OS2. The number of halogens is 1. The Hall–Kier alpha value is -1.15. The number of carbonyl (C=O) groups excluding carboxylic acids is 1. The molecule has 1 saturated heterocycles. The van der Waals surface area contributed by atoms with E-state index >= 15 is 0 Å². The largest absolute Gasteiger partial charge is 0.326 e. The van der Waals surface area contributed by atoms with E-state index in [1.54, 1.807) is 17.3 Å². The molecule has 1 aliphatic heterocycles. The first-order chi connectivity index (χ1) is 11.3. The number of hydrogen-bond donors (Lipinski definition) is 2. The number of carbonyl (C=O) groups is 1. The van der Waals surface area contributed by atoms with E-state index in [1.165, 1.54) is 11.3 Å². The van der Waals surface area contributed by atoms with Crippen LogP contribution in [0.25, 0.3) is 0 Å². The predicted molar refractivity (Wildman–Crippen MR) is 99.0 cm³/mol. The zero-order chi connectivity index (χ0) is 15.7. The summed E-state index contributed by atoms with van der Waals surface area (Å²) in [4.78, 5) is 13.5. The smallest absolute Gasteiger partial charge is 0.228 e. The van der Waals surface area contributed by atoms with Crippen LogP contribution in [0.1, 0.15) is 19.3 Å². The van der Waals surface area contributed by atoms with Gasteiger partial charge in [-0.2, -0.15) is 0 Å². The normalized spacial score (nSPS) is 21.1. The van der Waals surface area contributed by atoms with Crippen molar-refractivity contribution in [1.82, 2.24) is 15.5 Å². The zero-order valence-corrected chi connectivity index (χ0v) is 15.5. The second-order valence-electron chi connectivity index (χ2n) is 6.19. The van der Waals surface area contributed by atoms with Crippen molar-refractivity contribution in [2.45, 2.75) is 28.5 Å². The number of amides is 1. The highest BCUT2D eigenvalue weighted by Crippen LogP contribution is 2.58. The molecule has 1 atom stereocenters. The minimum atomic E-state index is 0. The van der Waals surface area contributed by atoms with Gasteiger partial charge in [-0.3, -0.25) is 4.79 Å². The molecule has 1 aliphatic carbocycles. The van der Waals surface area contributed by atoms with Gasteiger partial charge in [-0.05, 0) is 62.0 Å². The molecule has 1 amide bonds. The molecule has 2 aliphatic rings. The summed E-state index contributed by atoms with van der Waals surface area (Å²) >= 11 is 3.11. The Bertz CT molecular complexity index is 687. The minimum Gasteiger partial charge on any atom is -0.326 e. The van der Waals surface area contributed by atoms with Crippen LogP contribution in [-0.2, 0) is 4.79 Å². The second-order valence-corrected chi connectivity index (χ2v) is 8.34. The lowest BCUT2D eigenvalue weighted by atomic mass is 9.92. The van der Waals surface area contributed by atoms with Crippen molar-refractivity contribution in [3.63, 3.8) is 0 Å². The van der Waals surface area contributed by atoms with Gasteiger partial charge < -0.3 is 10.6 Å². The molecule has 0 bridgehead atoms. The highest BCUT2D eigenvalue weighted by atomic mass is 35.5. The fourth-order valence-electron chi connectivity index (χ4n) is 3.34. The quantitative estimate of drug-likeness (QED) is 0.847. The zero-order valence-electron chi connectivity index (χ0n) is 13.0. The van der Waals surface area contributed by atoms with Crippen molar-refractivity contribution >= 4 is 47.1 Å². The van der Waals surface area contributed by atoms with Crippen LogP contribution < -0.4 is 10.6 Å². The Morgan fingerprint density at radius 1 is 1.29 bits per heavy atom. The summed E-state index contributed by atoms with van der Waals surface area (Å²) < 4.78 is 0.924. The summed E-state index contributed by atoms with van der Waals surface area (Å²) in [6, 6.07) is 7.93. The van der Waals surface area contributed by atoms with E-state index in [4.69, 9.17) is 0 Å². The molecule has 1 saturated carbocycles. The Kier molecular flexibility index (Phi) is 5.44. The standard InChI is InChI=1S/C16H18N4OS2.ClH/c21-14(13-9-16(13)5-7-17-8-6-16)19-11-1-3-12(4-2-11)23-15-20-18-10-22-15;/h1-4,10,13,17H,5-9H2,(H,19,21);1H. The first-order valence-electron chi connectivity index (χ1n) is 7.81. The van der Waals surface area contributed by atoms with E-state index in [9.17, 15) is 4.79 Å². The number of rotatable bonds is 4.